The second-order valence-electron chi connectivity index (χ2n) is 4.38. The van der Waals surface area contributed by atoms with Gasteiger partial charge in [0.15, 0.2) is 0 Å². The van der Waals surface area contributed by atoms with Gasteiger partial charge in [-0.15, -0.1) is 0 Å². The van der Waals surface area contributed by atoms with Gasteiger partial charge in [-0.25, -0.2) is 0 Å². The number of aryl methyl sites for hydroxylation is 1. The summed E-state index contributed by atoms with van der Waals surface area (Å²) < 4.78 is 0. The summed E-state index contributed by atoms with van der Waals surface area (Å²) >= 11 is 0. The maximum Gasteiger partial charge on any atom is 0.0345 e. The third-order valence-corrected chi connectivity index (χ3v) is 3.14. The molecule has 1 aromatic carbocycles. The molecule has 0 bridgehead atoms. The van der Waals surface area contributed by atoms with E-state index in [9.17, 15) is 0 Å². The third kappa shape index (κ3) is 4.65. The van der Waals surface area contributed by atoms with Gasteiger partial charge in [-0.2, -0.15) is 0 Å². The minimum atomic E-state index is 0.860. The fraction of sp³-hybridized carbons (Fsp3) is 0.571. The molecule has 17 heavy (non-hydrogen) atoms. The molecule has 0 atom stereocenters. The Labute approximate surface area is 105 Å². The Morgan fingerprint density at radius 3 is 2.53 bits per heavy atom. The second-order valence-corrected chi connectivity index (χ2v) is 4.38. The zero-order chi connectivity index (χ0) is 12.7. The van der Waals surface area contributed by atoms with Crippen LogP contribution in [0.2, 0.25) is 0 Å². The van der Waals surface area contributed by atoms with Crippen LogP contribution in [-0.2, 0) is 0 Å². The molecule has 0 aliphatic carbocycles. The van der Waals surface area contributed by atoms with E-state index in [-0.39, 0.29) is 0 Å². The molecule has 1 aromatic rings. The summed E-state index contributed by atoms with van der Waals surface area (Å²) in [5.41, 5.74) is 8.95. The van der Waals surface area contributed by atoms with E-state index in [1.807, 2.05) is 19.1 Å². The van der Waals surface area contributed by atoms with E-state index in [4.69, 9.17) is 5.73 Å². The highest BCUT2D eigenvalue weighted by Gasteiger charge is 1.99. The summed E-state index contributed by atoms with van der Waals surface area (Å²) in [6.45, 7) is 10.9. The summed E-state index contributed by atoms with van der Waals surface area (Å²) in [4.78, 5) is 2.44. The molecular weight excluding hydrogens is 210 g/mol. The number of rotatable bonds is 7. The number of benzene rings is 1. The van der Waals surface area contributed by atoms with Crippen LogP contribution in [0.1, 0.15) is 25.8 Å². The maximum absolute atomic E-state index is 5.78. The summed E-state index contributed by atoms with van der Waals surface area (Å²) in [5, 5.41) is 3.43. The number of nitrogens with one attached hydrogen (secondary N) is 1. The highest BCUT2D eigenvalue weighted by atomic mass is 15.1. The summed E-state index contributed by atoms with van der Waals surface area (Å²) in [5.74, 6) is 0. The number of nitrogen functional groups attached to an aromatic ring is 1. The molecular formula is C14H25N3. The summed E-state index contributed by atoms with van der Waals surface area (Å²) in [6.07, 6.45) is 1.17. The van der Waals surface area contributed by atoms with Crippen molar-refractivity contribution < 1.29 is 0 Å². The number of nitrogens with two attached hydrogens (primary N) is 1. The standard InChI is InChI=1S/C14H25N3/c1-4-17(5-2)10-6-9-16-13-7-8-14(15)12(3)11-13/h7-8,11,16H,4-6,9-10,15H2,1-3H3. The lowest BCUT2D eigenvalue weighted by molar-refractivity contribution is 0.303. The first-order valence-corrected chi connectivity index (χ1v) is 6.49. The van der Waals surface area contributed by atoms with Crippen LogP contribution < -0.4 is 11.1 Å². The molecule has 0 spiro atoms. The van der Waals surface area contributed by atoms with E-state index in [2.05, 4.69) is 30.1 Å². The van der Waals surface area contributed by atoms with Gasteiger partial charge >= 0.3 is 0 Å². The molecule has 0 aliphatic rings. The Kier molecular flexibility index (Phi) is 5.84. The Morgan fingerprint density at radius 1 is 1.24 bits per heavy atom. The molecule has 0 aromatic heterocycles. The second kappa shape index (κ2) is 7.17. The number of nitrogens with zero attached hydrogens (tertiary/aromatic N) is 1. The van der Waals surface area contributed by atoms with Gasteiger partial charge in [-0.1, -0.05) is 13.8 Å². The number of hydrogen-bond donors (Lipinski definition) is 2. The van der Waals surface area contributed by atoms with Crippen molar-refractivity contribution in [2.75, 3.05) is 37.2 Å². The average Bonchev–Trinajstić information content (AvgIpc) is 2.34. The van der Waals surface area contributed by atoms with Crippen molar-refractivity contribution in [3.8, 4) is 0 Å². The Morgan fingerprint density at radius 2 is 1.94 bits per heavy atom. The Balaban J connectivity index is 2.28. The molecule has 0 saturated carbocycles. The van der Waals surface area contributed by atoms with Gasteiger partial charge in [0.2, 0.25) is 0 Å². The van der Waals surface area contributed by atoms with Crippen LogP contribution in [0.3, 0.4) is 0 Å². The zero-order valence-electron chi connectivity index (χ0n) is 11.3. The van der Waals surface area contributed by atoms with Crippen molar-refractivity contribution in [2.45, 2.75) is 27.2 Å². The van der Waals surface area contributed by atoms with Gasteiger partial charge in [0.1, 0.15) is 0 Å². The molecule has 3 nitrogen and oxygen atoms in total. The summed E-state index contributed by atoms with van der Waals surface area (Å²) in [6, 6.07) is 6.11. The predicted molar refractivity (Wildman–Crippen MR) is 76.5 cm³/mol. The van der Waals surface area contributed by atoms with E-state index in [0.29, 0.717) is 0 Å². The summed E-state index contributed by atoms with van der Waals surface area (Å²) in [7, 11) is 0. The molecule has 3 heteroatoms. The Bertz CT molecular complexity index is 332. The van der Waals surface area contributed by atoms with Crippen molar-refractivity contribution in [3.63, 3.8) is 0 Å². The molecule has 0 aliphatic heterocycles. The molecule has 3 N–H and O–H groups in total. The van der Waals surface area contributed by atoms with Gasteiger partial charge in [-0.05, 0) is 56.7 Å². The van der Waals surface area contributed by atoms with E-state index in [1.54, 1.807) is 0 Å². The monoisotopic (exact) mass is 235 g/mol. The molecule has 0 radical (unpaired) electrons. The molecule has 0 fully saturated rings. The van der Waals surface area contributed by atoms with Gasteiger partial charge in [0.25, 0.3) is 0 Å². The van der Waals surface area contributed by atoms with Crippen molar-refractivity contribution in [1.29, 1.82) is 0 Å². The fourth-order valence-corrected chi connectivity index (χ4v) is 1.86. The van der Waals surface area contributed by atoms with Crippen molar-refractivity contribution in [3.05, 3.63) is 23.8 Å². The topological polar surface area (TPSA) is 41.3 Å². The van der Waals surface area contributed by atoms with Crippen LogP contribution in [0.25, 0.3) is 0 Å². The minimum Gasteiger partial charge on any atom is -0.399 e. The molecule has 0 amide bonds. The fourth-order valence-electron chi connectivity index (χ4n) is 1.86. The van der Waals surface area contributed by atoms with Crippen LogP contribution in [0.4, 0.5) is 11.4 Å². The normalized spacial score (nSPS) is 10.8. The van der Waals surface area contributed by atoms with Gasteiger partial charge < -0.3 is 16.0 Å². The van der Waals surface area contributed by atoms with Crippen LogP contribution in [0.5, 0.6) is 0 Å². The first kappa shape index (κ1) is 13.8. The number of anilines is 2. The first-order chi connectivity index (χ1) is 8.17. The SMILES string of the molecule is CCN(CC)CCCNc1ccc(N)c(C)c1. The number of hydrogen-bond acceptors (Lipinski definition) is 3. The highest BCUT2D eigenvalue weighted by Crippen LogP contribution is 2.16. The van der Waals surface area contributed by atoms with Crippen molar-refractivity contribution in [1.82, 2.24) is 4.90 Å². The van der Waals surface area contributed by atoms with Gasteiger partial charge in [-0.3, -0.25) is 0 Å². The average molecular weight is 235 g/mol. The van der Waals surface area contributed by atoms with Crippen molar-refractivity contribution in [2.24, 2.45) is 0 Å². The lowest BCUT2D eigenvalue weighted by Crippen LogP contribution is -2.25. The molecule has 0 unspecified atom stereocenters. The van der Waals surface area contributed by atoms with E-state index >= 15 is 0 Å². The van der Waals surface area contributed by atoms with Gasteiger partial charge in [0, 0.05) is 17.9 Å². The van der Waals surface area contributed by atoms with E-state index < -0.39 is 0 Å². The highest BCUT2D eigenvalue weighted by molar-refractivity contribution is 5.56. The molecule has 1 rings (SSSR count). The molecule has 0 heterocycles. The van der Waals surface area contributed by atoms with Crippen LogP contribution in [0, 0.1) is 6.92 Å². The maximum atomic E-state index is 5.78. The lowest BCUT2D eigenvalue weighted by atomic mass is 10.2. The van der Waals surface area contributed by atoms with E-state index in [0.717, 1.165) is 43.1 Å². The van der Waals surface area contributed by atoms with Crippen molar-refractivity contribution >= 4 is 11.4 Å². The predicted octanol–water partition coefficient (Wildman–Crippen LogP) is 2.72. The smallest absolute Gasteiger partial charge is 0.0345 e. The third-order valence-electron chi connectivity index (χ3n) is 3.14. The van der Waals surface area contributed by atoms with Crippen LogP contribution >= 0.6 is 0 Å². The molecule has 96 valence electrons. The quantitative estimate of drug-likeness (QED) is 0.564. The van der Waals surface area contributed by atoms with Crippen LogP contribution in [0.15, 0.2) is 18.2 Å². The minimum absolute atomic E-state index is 0.860. The van der Waals surface area contributed by atoms with E-state index in [1.165, 1.54) is 6.42 Å². The first-order valence-electron chi connectivity index (χ1n) is 6.49. The zero-order valence-corrected chi connectivity index (χ0v) is 11.3. The molecule has 0 saturated heterocycles. The lowest BCUT2D eigenvalue weighted by Gasteiger charge is -2.18. The largest absolute Gasteiger partial charge is 0.399 e. The van der Waals surface area contributed by atoms with Crippen LogP contribution in [-0.4, -0.2) is 31.1 Å². The Hall–Kier alpha value is -1.22. The van der Waals surface area contributed by atoms with Gasteiger partial charge in [0.05, 0.1) is 0 Å².